The molecule has 0 heterocycles. The fraction of sp³-hybridized carbons (Fsp3) is 0.0909. The van der Waals surface area contributed by atoms with E-state index < -0.39 is 6.89 Å². The van der Waals surface area contributed by atoms with Crippen LogP contribution in [0.2, 0.25) is 0 Å². The number of allylic oxidation sites excluding steroid dienone is 5. The molecule has 2 nitrogen and oxygen atoms in total. The maximum absolute atomic E-state index is 12.2. The second-order valence-electron chi connectivity index (χ2n) is 5.42. The number of hydrogen-bond acceptors (Lipinski definition) is 2. The molecule has 0 aromatic heterocycles. The van der Waals surface area contributed by atoms with Gasteiger partial charge in [0.25, 0.3) is 0 Å². The molecule has 0 atom stereocenters. The minimum atomic E-state index is -2.07. The lowest BCUT2D eigenvalue weighted by Gasteiger charge is -2.26. The van der Waals surface area contributed by atoms with Crippen LogP contribution in [0.25, 0.3) is 0 Å². The van der Waals surface area contributed by atoms with Crippen molar-refractivity contribution in [1.29, 1.82) is 0 Å². The van der Waals surface area contributed by atoms with Crippen molar-refractivity contribution >= 4 is 29.3 Å². The predicted octanol–water partition coefficient (Wildman–Crippen LogP) is 3.93. The molecule has 0 bridgehead atoms. The molecule has 0 saturated heterocycles. The van der Waals surface area contributed by atoms with Crippen LogP contribution in [0.1, 0.15) is 0 Å². The number of carbonyl (C=O) groups excluding carboxylic acids is 1. The lowest BCUT2D eigenvalue weighted by atomic mass is 10.4. The minimum absolute atomic E-state index is 0.295. The molecule has 25 heavy (non-hydrogen) atoms. The maximum Gasteiger partial charge on any atom is 0.331 e. The molecule has 0 fully saturated rings. The first-order valence-corrected chi connectivity index (χ1v) is 10.1. The number of methoxy groups -OCH3 is 1. The molecule has 0 aliphatic rings. The summed E-state index contributed by atoms with van der Waals surface area (Å²) in [5, 5.41) is 2.31. The van der Waals surface area contributed by atoms with Gasteiger partial charge in [-0.25, -0.2) is 4.79 Å². The minimum Gasteiger partial charge on any atom is -0.466 e. The summed E-state index contributed by atoms with van der Waals surface area (Å²) in [6.45, 7) is 1.60. The maximum atomic E-state index is 12.2. The fourth-order valence-electron chi connectivity index (χ4n) is 2.63. The highest BCUT2D eigenvalue weighted by atomic mass is 31.2. The second-order valence-corrected chi connectivity index (χ2v) is 8.82. The molecule has 2 aromatic rings. The number of hydrogen-bond donors (Lipinski definition) is 0. The van der Waals surface area contributed by atoms with E-state index in [0.29, 0.717) is 0 Å². The van der Waals surface area contributed by atoms with Crippen LogP contribution >= 0.6 is 6.89 Å². The first-order valence-electron chi connectivity index (χ1n) is 8.10. The summed E-state index contributed by atoms with van der Waals surface area (Å²) in [5.74, 6) is 1.48. The van der Waals surface area contributed by atoms with Gasteiger partial charge in [-0.1, -0.05) is 97.6 Å². The molecule has 0 unspecified atom stereocenters. The van der Waals surface area contributed by atoms with E-state index in [1.54, 1.807) is 11.9 Å². The van der Waals surface area contributed by atoms with Gasteiger partial charge in [0, 0.05) is 5.80 Å². The zero-order valence-corrected chi connectivity index (χ0v) is 15.3. The predicted molar refractivity (Wildman–Crippen MR) is 110 cm³/mol. The van der Waals surface area contributed by atoms with Crippen molar-refractivity contribution in [2.45, 2.75) is 0 Å². The summed E-state index contributed by atoms with van der Waals surface area (Å²) < 4.78 is 4.98. The number of rotatable bonds is 7. The summed E-state index contributed by atoms with van der Waals surface area (Å²) in [6, 6.07) is 20.4. The topological polar surface area (TPSA) is 26.3 Å². The molecule has 0 aliphatic carbocycles. The molecular weight excluding hydrogens is 327 g/mol. The third-order valence-corrected chi connectivity index (χ3v) is 7.73. The van der Waals surface area contributed by atoms with Gasteiger partial charge in [0.05, 0.1) is 7.11 Å². The Kier molecular flexibility index (Phi) is 7.25. The monoisotopic (exact) mass is 350 g/mol. The Hall–Kier alpha value is -2.57. The normalized spacial score (nSPS) is 11.6. The lowest BCUT2D eigenvalue weighted by Crippen LogP contribution is -2.22. The Morgan fingerprint density at radius 2 is 1.52 bits per heavy atom. The third kappa shape index (κ3) is 4.95. The molecular formula is C22H23O2P. The van der Waals surface area contributed by atoms with Crippen molar-refractivity contribution < 1.29 is 9.53 Å². The smallest absolute Gasteiger partial charge is 0.331 e. The Balaban J connectivity index is 2.64. The summed E-state index contributed by atoms with van der Waals surface area (Å²) in [4.78, 5) is 12.2. The molecule has 3 heteroatoms. The van der Waals surface area contributed by atoms with Crippen molar-refractivity contribution in [3.8, 4) is 0 Å². The van der Waals surface area contributed by atoms with Crippen LogP contribution in [0.5, 0.6) is 0 Å². The van der Waals surface area contributed by atoms with Gasteiger partial charge >= 0.3 is 5.97 Å². The van der Waals surface area contributed by atoms with Gasteiger partial charge in [0.1, 0.15) is 0 Å². The van der Waals surface area contributed by atoms with Gasteiger partial charge in [-0.05, 0) is 23.7 Å². The molecule has 0 N–H and O–H groups in total. The molecule has 0 spiro atoms. The summed E-state index contributed by atoms with van der Waals surface area (Å²) >= 11 is 0. The van der Waals surface area contributed by atoms with Crippen molar-refractivity contribution in [3.63, 3.8) is 0 Å². The van der Waals surface area contributed by atoms with Crippen molar-refractivity contribution in [1.82, 2.24) is 0 Å². The third-order valence-electron chi connectivity index (χ3n) is 3.85. The van der Waals surface area contributed by atoms with Crippen LogP contribution < -0.4 is 10.6 Å². The van der Waals surface area contributed by atoms with Crippen LogP contribution in [0.4, 0.5) is 0 Å². The van der Waals surface area contributed by atoms with E-state index in [-0.39, 0.29) is 5.97 Å². The van der Waals surface area contributed by atoms with E-state index in [1.807, 2.05) is 54.6 Å². The summed E-state index contributed by atoms with van der Waals surface area (Å²) in [5.41, 5.74) is 0. The highest BCUT2D eigenvalue weighted by molar-refractivity contribution is 7.89. The SMILES string of the molecule is C=C/C=C\C=C/CP(=CC(=O)OC)(c1ccccc1)c1ccccc1. The van der Waals surface area contributed by atoms with E-state index >= 15 is 0 Å². The van der Waals surface area contributed by atoms with Gasteiger partial charge in [0.2, 0.25) is 0 Å². The highest BCUT2D eigenvalue weighted by Gasteiger charge is 2.23. The van der Waals surface area contributed by atoms with Crippen molar-refractivity contribution in [2.24, 2.45) is 0 Å². The fourth-order valence-corrected chi connectivity index (χ4v) is 6.08. The van der Waals surface area contributed by atoms with Gasteiger partial charge in [-0.3, -0.25) is 0 Å². The largest absolute Gasteiger partial charge is 0.466 e. The molecule has 2 aromatic carbocycles. The van der Waals surface area contributed by atoms with E-state index in [4.69, 9.17) is 4.74 Å². The van der Waals surface area contributed by atoms with Gasteiger partial charge in [0.15, 0.2) is 0 Å². The Morgan fingerprint density at radius 1 is 0.960 bits per heavy atom. The zero-order chi connectivity index (χ0) is 18.0. The van der Waals surface area contributed by atoms with E-state index in [9.17, 15) is 4.79 Å². The Bertz CT molecular complexity index is 759. The highest BCUT2D eigenvalue weighted by Crippen LogP contribution is 2.44. The number of carbonyl (C=O) groups is 1. The molecule has 128 valence electrons. The molecule has 0 amide bonds. The Morgan fingerprint density at radius 3 is 2.00 bits per heavy atom. The molecule has 2 rings (SSSR count). The molecule has 0 radical (unpaired) electrons. The Labute approximate surface area is 150 Å². The molecule has 0 aliphatic heterocycles. The number of esters is 1. The van der Waals surface area contributed by atoms with Crippen LogP contribution in [-0.2, 0) is 9.53 Å². The molecule has 0 saturated carbocycles. The average Bonchev–Trinajstić information content (AvgIpc) is 2.68. The van der Waals surface area contributed by atoms with Crippen LogP contribution in [-0.4, -0.2) is 25.0 Å². The zero-order valence-electron chi connectivity index (χ0n) is 14.4. The van der Waals surface area contributed by atoms with E-state index in [0.717, 1.165) is 16.8 Å². The number of ether oxygens (including phenoxy) is 1. The first kappa shape index (κ1) is 18.8. The van der Waals surface area contributed by atoms with Crippen molar-refractivity contribution in [3.05, 3.63) is 97.6 Å². The van der Waals surface area contributed by atoms with E-state index in [2.05, 4.69) is 36.9 Å². The van der Waals surface area contributed by atoms with Gasteiger partial charge in [-0.15, -0.1) is 0 Å². The first-order chi connectivity index (χ1) is 12.2. The van der Waals surface area contributed by atoms with Crippen LogP contribution in [0, 0.1) is 0 Å². The lowest BCUT2D eigenvalue weighted by molar-refractivity contribution is -0.132. The van der Waals surface area contributed by atoms with Gasteiger partial charge in [-0.2, -0.15) is 0 Å². The standard InChI is InChI=1S/C22H23O2P/c1-3-4-5-6-13-18-25(19-22(23)24-2,20-14-9-7-10-15-20)21-16-11-8-12-17-21/h3-17,19H,1,18H2,2H3/b5-4-,13-6-. The second kappa shape index (κ2) is 9.66. The summed E-state index contributed by atoms with van der Waals surface area (Å²) in [7, 11) is 1.42. The van der Waals surface area contributed by atoms with Gasteiger partial charge < -0.3 is 4.74 Å². The van der Waals surface area contributed by atoms with Crippen molar-refractivity contribution in [2.75, 3.05) is 13.3 Å². The average molecular weight is 350 g/mol. The summed E-state index contributed by atoms with van der Waals surface area (Å²) in [6.07, 6.45) is 10.4. The quantitative estimate of drug-likeness (QED) is 0.430. The van der Waals surface area contributed by atoms with E-state index in [1.165, 1.54) is 7.11 Å². The van der Waals surface area contributed by atoms with Crippen LogP contribution in [0.3, 0.4) is 0 Å². The number of benzene rings is 2. The van der Waals surface area contributed by atoms with Crippen LogP contribution in [0.15, 0.2) is 97.6 Å².